The van der Waals surface area contributed by atoms with Gasteiger partial charge in [0.05, 0.1) is 7.11 Å². The van der Waals surface area contributed by atoms with E-state index in [4.69, 9.17) is 16.6 Å². The molecule has 0 saturated carbocycles. The van der Waals surface area contributed by atoms with E-state index in [1.54, 1.807) is 31.4 Å². The minimum Gasteiger partial charge on any atom is -0.497 e. The van der Waals surface area contributed by atoms with E-state index in [2.05, 4.69) is 5.92 Å². The number of terminal acetylenes is 1. The molecular weight excluding hydrogens is 250 g/mol. The molecule has 2 rings (SSSR count). The van der Waals surface area contributed by atoms with E-state index >= 15 is 0 Å². The molecule has 1 aliphatic rings. The van der Waals surface area contributed by atoms with Gasteiger partial charge in [0.1, 0.15) is 5.75 Å². The van der Waals surface area contributed by atoms with Crippen LogP contribution in [-0.2, 0) is 5.60 Å². The fourth-order valence-corrected chi connectivity index (χ4v) is 2.30. The number of aliphatic hydroxyl groups is 1. The zero-order valence-corrected chi connectivity index (χ0v) is 11.3. The second kappa shape index (κ2) is 5.77. The van der Waals surface area contributed by atoms with Crippen LogP contribution in [0, 0.1) is 23.7 Å². The van der Waals surface area contributed by atoms with Gasteiger partial charge in [-0.25, -0.2) is 0 Å². The van der Waals surface area contributed by atoms with Gasteiger partial charge in [0.25, 0.3) is 0 Å². The number of benzene rings is 1. The fraction of sp³-hybridized carbons (Fsp3) is 0.235. The molecule has 1 aromatic carbocycles. The molecule has 0 saturated heterocycles. The summed E-state index contributed by atoms with van der Waals surface area (Å²) in [6.45, 7) is 0. The van der Waals surface area contributed by atoms with Gasteiger partial charge >= 0.3 is 0 Å². The molecule has 3 nitrogen and oxygen atoms in total. The number of ether oxygens (including phenoxy) is 1. The molecule has 2 atom stereocenters. The SMILES string of the molecule is C#CC(O)(c1ccc(OC)cc1)C1C=CC(C=N)=CC1. The lowest BCUT2D eigenvalue weighted by Crippen LogP contribution is -2.33. The first-order chi connectivity index (χ1) is 9.63. The van der Waals surface area contributed by atoms with E-state index in [1.165, 1.54) is 6.21 Å². The van der Waals surface area contributed by atoms with Crippen molar-refractivity contribution in [3.05, 3.63) is 53.6 Å². The number of nitrogens with one attached hydrogen (secondary N) is 1. The highest BCUT2D eigenvalue weighted by Gasteiger charge is 2.35. The molecule has 0 bridgehead atoms. The van der Waals surface area contributed by atoms with E-state index in [0.717, 1.165) is 11.3 Å². The predicted octanol–water partition coefficient (Wildman–Crippen LogP) is 2.67. The van der Waals surface area contributed by atoms with Crippen LogP contribution in [0.1, 0.15) is 12.0 Å². The van der Waals surface area contributed by atoms with Crippen LogP contribution in [0.2, 0.25) is 0 Å². The Kier molecular flexibility index (Phi) is 4.07. The molecule has 2 N–H and O–H groups in total. The predicted molar refractivity (Wildman–Crippen MR) is 79.8 cm³/mol. The highest BCUT2D eigenvalue weighted by molar-refractivity contribution is 5.80. The summed E-state index contributed by atoms with van der Waals surface area (Å²) in [6, 6.07) is 7.12. The summed E-state index contributed by atoms with van der Waals surface area (Å²) in [7, 11) is 1.59. The first-order valence-corrected chi connectivity index (χ1v) is 6.37. The van der Waals surface area contributed by atoms with Crippen LogP contribution in [0.5, 0.6) is 5.75 Å². The molecule has 1 aromatic rings. The minimum absolute atomic E-state index is 0.204. The van der Waals surface area contributed by atoms with Gasteiger partial charge in [-0.15, -0.1) is 6.42 Å². The molecule has 0 amide bonds. The van der Waals surface area contributed by atoms with E-state index in [-0.39, 0.29) is 5.92 Å². The van der Waals surface area contributed by atoms with Crippen molar-refractivity contribution in [2.45, 2.75) is 12.0 Å². The van der Waals surface area contributed by atoms with E-state index in [0.29, 0.717) is 12.0 Å². The van der Waals surface area contributed by atoms with Crippen LogP contribution >= 0.6 is 0 Å². The first kappa shape index (κ1) is 14.1. The van der Waals surface area contributed by atoms with Gasteiger partial charge in [-0.1, -0.05) is 36.3 Å². The molecule has 1 aliphatic carbocycles. The maximum Gasteiger partial charge on any atom is 0.157 e. The summed E-state index contributed by atoms with van der Waals surface area (Å²) in [5.41, 5.74) is 0.143. The largest absolute Gasteiger partial charge is 0.497 e. The Morgan fingerprint density at radius 1 is 1.45 bits per heavy atom. The Balaban J connectivity index is 2.30. The lowest BCUT2D eigenvalue weighted by Gasteiger charge is -2.31. The lowest BCUT2D eigenvalue weighted by molar-refractivity contribution is 0.0556. The van der Waals surface area contributed by atoms with Crippen molar-refractivity contribution >= 4 is 6.21 Å². The number of hydrogen-bond acceptors (Lipinski definition) is 3. The van der Waals surface area contributed by atoms with Crippen molar-refractivity contribution in [2.75, 3.05) is 7.11 Å². The van der Waals surface area contributed by atoms with Crippen molar-refractivity contribution < 1.29 is 9.84 Å². The zero-order valence-electron chi connectivity index (χ0n) is 11.3. The minimum atomic E-state index is -1.35. The van der Waals surface area contributed by atoms with Gasteiger partial charge in [-0.05, 0) is 29.7 Å². The van der Waals surface area contributed by atoms with Crippen LogP contribution in [0.25, 0.3) is 0 Å². The third-order valence-electron chi connectivity index (χ3n) is 3.58. The second-order valence-corrected chi connectivity index (χ2v) is 4.69. The highest BCUT2D eigenvalue weighted by Crippen LogP contribution is 2.35. The maximum absolute atomic E-state index is 10.8. The summed E-state index contributed by atoms with van der Waals surface area (Å²) < 4.78 is 5.11. The topological polar surface area (TPSA) is 53.3 Å². The standard InChI is InChI=1S/C17H17NO2/c1-3-17(19,14-6-4-13(12-18)5-7-14)15-8-10-16(20-2)11-9-15/h1,4-6,8-12,14,18-19H,7H2,2H3. The third kappa shape index (κ3) is 2.52. The Morgan fingerprint density at radius 2 is 2.15 bits per heavy atom. The average Bonchev–Trinajstić information content (AvgIpc) is 2.54. The van der Waals surface area contributed by atoms with Crippen LogP contribution in [0.15, 0.2) is 48.1 Å². The molecule has 0 fully saturated rings. The van der Waals surface area contributed by atoms with E-state index in [9.17, 15) is 5.11 Å². The number of hydrogen-bond donors (Lipinski definition) is 2. The zero-order chi connectivity index (χ0) is 14.6. The van der Waals surface area contributed by atoms with Crippen LogP contribution in [0.3, 0.4) is 0 Å². The smallest absolute Gasteiger partial charge is 0.157 e. The quantitative estimate of drug-likeness (QED) is 0.651. The van der Waals surface area contributed by atoms with Crippen molar-refractivity contribution in [3.8, 4) is 18.1 Å². The molecular formula is C17H17NO2. The van der Waals surface area contributed by atoms with Gasteiger partial charge in [0.15, 0.2) is 5.60 Å². The molecule has 3 heteroatoms. The average molecular weight is 267 g/mol. The monoisotopic (exact) mass is 267 g/mol. The summed E-state index contributed by atoms with van der Waals surface area (Å²) in [4.78, 5) is 0. The van der Waals surface area contributed by atoms with Gasteiger partial charge in [0, 0.05) is 12.1 Å². The van der Waals surface area contributed by atoms with E-state index in [1.807, 2.05) is 18.2 Å². The van der Waals surface area contributed by atoms with Gasteiger partial charge in [-0.2, -0.15) is 0 Å². The second-order valence-electron chi connectivity index (χ2n) is 4.69. The number of allylic oxidation sites excluding steroid dienone is 3. The van der Waals surface area contributed by atoms with Gasteiger partial charge in [0.2, 0.25) is 0 Å². The van der Waals surface area contributed by atoms with Crippen molar-refractivity contribution in [1.29, 1.82) is 5.41 Å². The molecule has 0 aromatic heterocycles. The summed E-state index contributed by atoms with van der Waals surface area (Å²) in [6.07, 6.45) is 13.1. The molecule has 0 radical (unpaired) electrons. The number of rotatable bonds is 4. The fourth-order valence-electron chi connectivity index (χ4n) is 2.30. The van der Waals surface area contributed by atoms with Crippen LogP contribution < -0.4 is 4.74 Å². The molecule has 2 unspecified atom stereocenters. The van der Waals surface area contributed by atoms with Crippen LogP contribution in [0.4, 0.5) is 0 Å². The highest BCUT2D eigenvalue weighted by atomic mass is 16.5. The third-order valence-corrected chi connectivity index (χ3v) is 3.58. The van der Waals surface area contributed by atoms with Crippen molar-refractivity contribution in [2.24, 2.45) is 5.92 Å². The summed E-state index contributed by atoms with van der Waals surface area (Å²) >= 11 is 0. The first-order valence-electron chi connectivity index (χ1n) is 6.37. The molecule has 102 valence electrons. The molecule has 0 aliphatic heterocycles. The van der Waals surface area contributed by atoms with Crippen molar-refractivity contribution in [3.63, 3.8) is 0 Å². The molecule has 0 spiro atoms. The normalized spacial score (nSPS) is 20.4. The Labute approximate surface area is 119 Å². The lowest BCUT2D eigenvalue weighted by atomic mass is 9.77. The molecule has 20 heavy (non-hydrogen) atoms. The van der Waals surface area contributed by atoms with Crippen molar-refractivity contribution in [1.82, 2.24) is 0 Å². The maximum atomic E-state index is 10.8. The Hall–Kier alpha value is -2.31. The summed E-state index contributed by atoms with van der Waals surface area (Å²) in [5, 5.41) is 18.0. The number of methoxy groups -OCH3 is 1. The van der Waals surface area contributed by atoms with Gasteiger partial charge in [-0.3, -0.25) is 0 Å². The van der Waals surface area contributed by atoms with Crippen LogP contribution in [-0.4, -0.2) is 18.4 Å². The Morgan fingerprint density at radius 3 is 2.60 bits per heavy atom. The molecule has 0 heterocycles. The summed E-state index contributed by atoms with van der Waals surface area (Å²) in [5.74, 6) is 3.03. The van der Waals surface area contributed by atoms with E-state index < -0.39 is 5.60 Å². The van der Waals surface area contributed by atoms with Gasteiger partial charge < -0.3 is 15.3 Å². The Bertz CT molecular complexity index is 592.